The molecule has 2 fully saturated rings. The van der Waals surface area contributed by atoms with Crippen LogP contribution < -0.4 is 5.73 Å². The first-order chi connectivity index (χ1) is 11.5. The third-order valence-corrected chi connectivity index (χ3v) is 5.65. The van der Waals surface area contributed by atoms with Crippen LogP contribution in [0.4, 0.5) is 0 Å². The first-order valence-corrected chi connectivity index (χ1v) is 8.78. The molecule has 1 aromatic carbocycles. The number of nitrogens with two attached hydrogens (primary N) is 1. The summed E-state index contributed by atoms with van der Waals surface area (Å²) >= 11 is 5.87. The predicted molar refractivity (Wildman–Crippen MR) is 91.6 cm³/mol. The van der Waals surface area contributed by atoms with Gasteiger partial charge in [0.2, 0.25) is 11.8 Å². The second kappa shape index (κ2) is 7.11. The van der Waals surface area contributed by atoms with Crippen molar-refractivity contribution in [2.24, 2.45) is 11.1 Å². The molecular formula is C18H23ClN2O3. The van der Waals surface area contributed by atoms with Crippen LogP contribution in [-0.2, 0) is 20.7 Å². The van der Waals surface area contributed by atoms with Gasteiger partial charge in [-0.05, 0) is 43.4 Å². The van der Waals surface area contributed by atoms with Gasteiger partial charge in [0.25, 0.3) is 0 Å². The summed E-state index contributed by atoms with van der Waals surface area (Å²) in [4.78, 5) is 25.3. The van der Waals surface area contributed by atoms with E-state index in [1.807, 2.05) is 29.2 Å². The van der Waals surface area contributed by atoms with Crippen LogP contribution in [-0.4, -0.2) is 42.5 Å². The fourth-order valence-electron chi connectivity index (χ4n) is 3.78. The van der Waals surface area contributed by atoms with Gasteiger partial charge in [-0.3, -0.25) is 9.59 Å². The molecule has 1 saturated carbocycles. The molecular weight excluding hydrogens is 328 g/mol. The number of ether oxygens (including phenoxy) is 1. The van der Waals surface area contributed by atoms with E-state index >= 15 is 0 Å². The average molecular weight is 351 g/mol. The molecule has 130 valence electrons. The molecule has 1 unspecified atom stereocenters. The quantitative estimate of drug-likeness (QED) is 0.884. The molecule has 2 N–H and O–H groups in total. The highest BCUT2D eigenvalue weighted by atomic mass is 35.5. The molecule has 1 aromatic rings. The van der Waals surface area contributed by atoms with Crippen molar-refractivity contribution in [1.29, 1.82) is 0 Å². The number of nitrogens with zero attached hydrogens (tertiary/aromatic N) is 1. The van der Waals surface area contributed by atoms with Gasteiger partial charge >= 0.3 is 0 Å². The molecule has 0 radical (unpaired) electrons. The smallest absolute Gasteiger partial charge is 0.243 e. The third-order valence-electron chi connectivity index (χ3n) is 5.39. The SMILES string of the molecule is NC(=O)COC1CCC12CCN(C(=O)Cc1ccc(Cl)cc1)CC2. The number of hydrogen-bond donors (Lipinski definition) is 1. The highest BCUT2D eigenvalue weighted by Gasteiger charge is 2.49. The van der Waals surface area contributed by atoms with E-state index in [0.29, 0.717) is 11.4 Å². The van der Waals surface area contributed by atoms with Gasteiger partial charge in [0.1, 0.15) is 6.61 Å². The number of likely N-dealkylation sites (tertiary alicyclic amines) is 1. The lowest BCUT2D eigenvalue weighted by atomic mass is 9.60. The summed E-state index contributed by atoms with van der Waals surface area (Å²) in [5.41, 5.74) is 6.27. The van der Waals surface area contributed by atoms with Crippen LogP contribution in [0.25, 0.3) is 0 Å². The Morgan fingerprint density at radius 2 is 1.88 bits per heavy atom. The van der Waals surface area contributed by atoms with Crippen molar-refractivity contribution in [3.63, 3.8) is 0 Å². The van der Waals surface area contributed by atoms with Gasteiger partial charge < -0.3 is 15.4 Å². The Kier molecular flexibility index (Phi) is 5.11. The maximum absolute atomic E-state index is 12.5. The zero-order valence-electron chi connectivity index (χ0n) is 13.7. The Morgan fingerprint density at radius 3 is 2.42 bits per heavy atom. The molecule has 0 bridgehead atoms. The summed E-state index contributed by atoms with van der Waals surface area (Å²) in [6, 6.07) is 7.41. The van der Waals surface area contributed by atoms with E-state index in [9.17, 15) is 9.59 Å². The van der Waals surface area contributed by atoms with E-state index in [1.165, 1.54) is 0 Å². The van der Waals surface area contributed by atoms with E-state index in [1.54, 1.807) is 0 Å². The Labute approximate surface area is 147 Å². The topological polar surface area (TPSA) is 72.6 Å². The Bertz CT molecular complexity index is 609. The summed E-state index contributed by atoms with van der Waals surface area (Å²) in [7, 11) is 0. The molecule has 0 aromatic heterocycles. The Morgan fingerprint density at radius 1 is 1.21 bits per heavy atom. The maximum Gasteiger partial charge on any atom is 0.243 e. The normalized spacial score (nSPS) is 22.2. The molecule has 1 aliphatic carbocycles. The summed E-state index contributed by atoms with van der Waals surface area (Å²) in [5, 5.41) is 0.679. The van der Waals surface area contributed by atoms with Crippen LogP contribution in [0.1, 0.15) is 31.2 Å². The molecule has 1 spiro atoms. The third kappa shape index (κ3) is 3.73. The fraction of sp³-hybridized carbons (Fsp3) is 0.556. The van der Waals surface area contributed by atoms with E-state index in [2.05, 4.69) is 0 Å². The van der Waals surface area contributed by atoms with E-state index in [0.717, 1.165) is 44.3 Å². The van der Waals surface area contributed by atoms with Gasteiger partial charge in [0.05, 0.1) is 12.5 Å². The van der Waals surface area contributed by atoms with Crippen LogP contribution >= 0.6 is 11.6 Å². The summed E-state index contributed by atoms with van der Waals surface area (Å²) in [6.07, 6.45) is 4.47. The van der Waals surface area contributed by atoms with Gasteiger partial charge in [0.15, 0.2) is 0 Å². The van der Waals surface area contributed by atoms with Crippen molar-refractivity contribution >= 4 is 23.4 Å². The van der Waals surface area contributed by atoms with Gasteiger partial charge in [-0.15, -0.1) is 0 Å². The second-order valence-electron chi connectivity index (χ2n) is 6.85. The highest BCUT2D eigenvalue weighted by Crippen LogP contribution is 2.50. The average Bonchev–Trinajstić information content (AvgIpc) is 2.56. The highest BCUT2D eigenvalue weighted by molar-refractivity contribution is 6.30. The van der Waals surface area contributed by atoms with Crippen molar-refractivity contribution in [3.8, 4) is 0 Å². The lowest BCUT2D eigenvalue weighted by molar-refractivity contribution is -0.155. The minimum atomic E-state index is -0.423. The number of rotatable bonds is 5. The molecule has 1 atom stereocenters. The van der Waals surface area contributed by atoms with Crippen molar-refractivity contribution in [1.82, 2.24) is 4.90 Å². The first-order valence-electron chi connectivity index (χ1n) is 8.41. The van der Waals surface area contributed by atoms with Gasteiger partial charge in [-0.25, -0.2) is 0 Å². The van der Waals surface area contributed by atoms with E-state index in [-0.39, 0.29) is 24.0 Å². The Balaban J connectivity index is 1.50. The van der Waals surface area contributed by atoms with E-state index < -0.39 is 5.91 Å². The number of piperidine rings is 1. The van der Waals surface area contributed by atoms with Gasteiger partial charge in [-0.2, -0.15) is 0 Å². The molecule has 1 heterocycles. The lowest BCUT2D eigenvalue weighted by Crippen LogP contribution is -2.54. The van der Waals surface area contributed by atoms with Crippen molar-refractivity contribution in [2.75, 3.05) is 19.7 Å². The maximum atomic E-state index is 12.5. The lowest BCUT2D eigenvalue weighted by Gasteiger charge is -2.53. The molecule has 5 nitrogen and oxygen atoms in total. The van der Waals surface area contributed by atoms with Crippen molar-refractivity contribution in [3.05, 3.63) is 34.9 Å². The zero-order valence-corrected chi connectivity index (χ0v) is 14.4. The predicted octanol–water partition coefficient (Wildman–Crippen LogP) is 2.16. The molecule has 3 rings (SSSR count). The molecule has 1 aliphatic heterocycles. The number of benzene rings is 1. The summed E-state index contributed by atoms with van der Waals surface area (Å²) < 4.78 is 5.64. The number of halogens is 1. The number of primary amides is 1. The number of amides is 2. The van der Waals surface area contributed by atoms with Gasteiger partial charge in [0, 0.05) is 23.5 Å². The van der Waals surface area contributed by atoms with Crippen LogP contribution in [0.3, 0.4) is 0 Å². The van der Waals surface area contributed by atoms with E-state index in [4.69, 9.17) is 22.1 Å². The molecule has 2 amide bonds. The van der Waals surface area contributed by atoms with Gasteiger partial charge in [-0.1, -0.05) is 23.7 Å². The monoisotopic (exact) mass is 350 g/mol. The number of hydrogen-bond acceptors (Lipinski definition) is 3. The van der Waals surface area contributed by atoms with Crippen LogP contribution in [0.5, 0.6) is 0 Å². The zero-order chi connectivity index (χ0) is 17.2. The van der Waals surface area contributed by atoms with Crippen molar-refractivity contribution < 1.29 is 14.3 Å². The minimum Gasteiger partial charge on any atom is -0.368 e. The standard InChI is InChI=1S/C18H23ClN2O3/c19-14-3-1-13(2-4-14)11-17(23)21-9-7-18(8-10-21)6-5-15(18)24-12-16(20)22/h1-4,15H,5-12H2,(H2,20,22). The summed E-state index contributed by atoms with van der Waals surface area (Å²) in [6.45, 7) is 1.50. The largest absolute Gasteiger partial charge is 0.368 e. The summed E-state index contributed by atoms with van der Waals surface area (Å²) in [5.74, 6) is -0.270. The Hall–Kier alpha value is -1.59. The fourth-order valence-corrected chi connectivity index (χ4v) is 3.90. The molecule has 24 heavy (non-hydrogen) atoms. The van der Waals surface area contributed by atoms with Crippen molar-refractivity contribution in [2.45, 2.75) is 38.2 Å². The first kappa shape index (κ1) is 17.2. The minimum absolute atomic E-state index is 0.00831. The second-order valence-corrected chi connectivity index (χ2v) is 7.29. The number of carbonyl (C=O) groups excluding carboxylic acids is 2. The molecule has 2 aliphatic rings. The van der Waals surface area contributed by atoms with Crippen LogP contribution in [0, 0.1) is 5.41 Å². The van der Waals surface area contributed by atoms with Crippen LogP contribution in [0.15, 0.2) is 24.3 Å². The number of carbonyl (C=O) groups is 2. The molecule has 6 heteroatoms. The molecule has 1 saturated heterocycles. The van der Waals surface area contributed by atoms with Crippen LogP contribution in [0.2, 0.25) is 5.02 Å².